The molecule has 114 valence electrons. The van der Waals surface area contributed by atoms with Gasteiger partial charge in [-0.2, -0.15) is 0 Å². The highest BCUT2D eigenvalue weighted by Crippen LogP contribution is 2.29. The number of fused-ring (bicyclic) bond motifs is 1. The average Bonchev–Trinajstić information content (AvgIpc) is 3.10. The van der Waals surface area contributed by atoms with Crippen LogP contribution in [0.1, 0.15) is 45.1 Å². The van der Waals surface area contributed by atoms with Crippen molar-refractivity contribution in [3.8, 4) is 0 Å². The van der Waals surface area contributed by atoms with Gasteiger partial charge in [-0.1, -0.05) is 44.9 Å². The van der Waals surface area contributed by atoms with Crippen LogP contribution < -0.4 is 5.32 Å². The van der Waals surface area contributed by atoms with Gasteiger partial charge in [0.15, 0.2) is 0 Å². The Labute approximate surface area is 128 Å². The highest BCUT2D eigenvalue weighted by atomic mass is 15.0. The highest BCUT2D eigenvalue weighted by Gasteiger charge is 2.17. The van der Waals surface area contributed by atoms with E-state index in [0.29, 0.717) is 5.92 Å². The topological polar surface area (TPSA) is 17.0 Å². The van der Waals surface area contributed by atoms with E-state index in [1.807, 2.05) is 0 Å². The quantitative estimate of drug-likeness (QED) is 0.821. The van der Waals surface area contributed by atoms with E-state index in [9.17, 15) is 0 Å². The van der Waals surface area contributed by atoms with Crippen LogP contribution in [0.4, 0.5) is 0 Å². The first-order chi connectivity index (χ1) is 10.2. The van der Waals surface area contributed by atoms with Crippen molar-refractivity contribution in [1.29, 1.82) is 0 Å². The maximum Gasteiger partial charge on any atom is 0.0525 e. The van der Waals surface area contributed by atoms with Gasteiger partial charge in [-0.05, 0) is 48.2 Å². The van der Waals surface area contributed by atoms with Crippen LogP contribution >= 0.6 is 0 Å². The van der Waals surface area contributed by atoms with Crippen molar-refractivity contribution >= 4 is 10.9 Å². The lowest BCUT2D eigenvalue weighted by Crippen LogP contribution is -2.19. The van der Waals surface area contributed by atoms with Crippen LogP contribution in [0, 0.1) is 11.8 Å². The van der Waals surface area contributed by atoms with E-state index in [1.165, 1.54) is 48.7 Å². The van der Waals surface area contributed by atoms with Gasteiger partial charge in [-0.25, -0.2) is 0 Å². The first kappa shape index (κ1) is 14.6. The molecule has 0 radical (unpaired) electrons. The number of aromatic nitrogens is 1. The molecule has 1 fully saturated rings. The second-order valence-electron chi connectivity index (χ2n) is 7.00. The van der Waals surface area contributed by atoms with E-state index >= 15 is 0 Å². The summed E-state index contributed by atoms with van der Waals surface area (Å²) in [5, 5.41) is 4.98. The van der Waals surface area contributed by atoms with Gasteiger partial charge in [0.05, 0.1) is 5.52 Å². The van der Waals surface area contributed by atoms with Gasteiger partial charge in [0.1, 0.15) is 0 Å². The lowest BCUT2D eigenvalue weighted by atomic mass is 10.1. The summed E-state index contributed by atoms with van der Waals surface area (Å²) in [6, 6.07) is 8.98. The van der Waals surface area contributed by atoms with Crippen molar-refractivity contribution in [3.63, 3.8) is 0 Å². The van der Waals surface area contributed by atoms with E-state index < -0.39 is 0 Å². The first-order valence-corrected chi connectivity index (χ1v) is 8.51. The molecule has 1 aromatic carbocycles. The van der Waals surface area contributed by atoms with Gasteiger partial charge in [0.25, 0.3) is 0 Å². The molecule has 1 N–H and O–H groups in total. The first-order valence-electron chi connectivity index (χ1n) is 8.51. The summed E-state index contributed by atoms with van der Waals surface area (Å²) in [7, 11) is 0. The molecule has 1 saturated carbocycles. The zero-order valence-corrected chi connectivity index (χ0v) is 13.4. The summed E-state index contributed by atoms with van der Waals surface area (Å²) in [5.41, 5.74) is 2.89. The number of hydrogen-bond donors (Lipinski definition) is 1. The van der Waals surface area contributed by atoms with E-state index in [0.717, 1.165) is 19.0 Å². The maximum atomic E-state index is 3.59. The molecule has 1 aromatic heterocycles. The smallest absolute Gasteiger partial charge is 0.0525 e. The predicted octanol–water partition coefficient (Wildman–Crippen LogP) is 4.58. The number of para-hydroxylation sites is 1. The van der Waals surface area contributed by atoms with E-state index in [4.69, 9.17) is 0 Å². The molecule has 0 spiro atoms. The van der Waals surface area contributed by atoms with Gasteiger partial charge in [0.2, 0.25) is 0 Å². The zero-order chi connectivity index (χ0) is 14.7. The third-order valence-corrected chi connectivity index (χ3v) is 4.67. The Kier molecular flexibility index (Phi) is 4.64. The molecule has 0 saturated heterocycles. The Morgan fingerprint density at radius 3 is 2.76 bits per heavy atom. The minimum Gasteiger partial charge on any atom is -0.347 e. The fraction of sp³-hybridized carbons (Fsp3) is 0.579. The summed E-state index contributed by atoms with van der Waals surface area (Å²) in [6.45, 7) is 7.78. The van der Waals surface area contributed by atoms with Crippen molar-refractivity contribution in [2.75, 3.05) is 6.54 Å². The molecule has 0 aliphatic heterocycles. The number of benzene rings is 1. The monoisotopic (exact) mass is 284 g/mol. The molecule has 1 aliphatic carbocycles. The molecule has 1 aliphatic rings. The van der Waals surface area contributed by atoms with E-state index in [1.54, 1.807) is 0 Å². The number of rotatable bonds is 6. The van der Waals surface area contributed by atoms with Crippen molar-refractivity contribution in [1.82, 2.24) is 9.88 Å². The Bertz CT molecular complexity index is 576. The van der Waals surface area contributed by atoms with Crippen LogP contribution in [0.2, 0.25) is 0 Å². The molecule has 0 atom stereocenters. The molecule has 0 amide bonds. The second kappa shape index (κ2) is 6.65. The van der Waals surface area contributed by atoms with Crippen LogP contribution in [0.15, 0.2) is 30.5 Å². The minimum atomic E-state index is 0.703. The van der Waals surface area contributed by atoms with Crippen molar-refractivity contribution < 1.29 is 0 Å². The molecule has 2 heteroatoms. The fourth-order valence-corrected chi connectivity index (χ4v) is 3.60. The van der Waals surface area contributed by atoms with Crippen LogP contribution in [-0.2, 0) is 13.1 Å². The maximum absolute atomic E-state index is 3.59. The van der Waals surface area contributed by atoms with Gasteiger partial charge >= 0.3 is 0 Å². The van der Waals surface area contributed by atoms with E-state index in [-0.39, 0.29) is 0 Å². The zero-order valence-electron chi connectivity index (χ0n) is 13.4. The molecule has 2 aromatic rings. The molecule has 3 rings (SSSR count). The standard InChI is InChI=1S/C19H28N2/c1-15(2)12-20-13-18-9-5-8-17-10-11-21(19(17)18)14-16-6-3-4-7-16/h5,8-11,15-16,20H,3-4,6-7,12-14H2,1-2H3. The average molecular weight is 284 g/mol. The van der Waals surface area contributed by atoms with Gasteiger partial charge in [0, 0.05) is 19.3 Å². The summed E-state index contributed by atoms with van der Waals surface area (Å²) >= 11 is 0. The third kappa shape index (κ3) is 3.49. The molecule has 1 heterocycles. The normalized spacial score (nSPS) is 16.3. The number of nitrogens with one attached hydrogen (secondary N) is 1. The van der Waals surface area contributed by atoms with Gasteiger partial charge in [-0.15, -0.1) is 0 Å². The lowest BCUT2D eigenvalue weighted by molar-refractivity contribution is 0.465. The van der Waals surface area contributed by atoms with Crippen LogP contribution in [0.5, 0.6) is 0 Å². The Hall–Kier alpha value is -1.28. The second-order valence-corrected chi connectivity index (χ2v) is 7.00. The van der Waals surface area contributed by atoms with Crippen molar-refractivity contribution in [3.05, 3.63) is 36.0 Å². The molecule has 0 bridgehead atoms. The Morgan fingerprint density at radius 1 is 1.19 bits per heavy atom. The van der Waals surface area contributed by atoms with Crippen LogP contribution in [-0.4, -0.2) is 11.1 Å². The molecular weight excluding hydrogens is 256 g/mol. The van der Waals surface area contributed by atoms with E-state index in [2.05, 4.69) is 54.2 Å². The van der Waals surface area contributed by atoms with Gasteiger partial charge in [-0.3, -0.25) is 0 Å². The molecule has 21 heavy (non-hydrogen) atoms. The summed E-state index contributed by atoms with van der Waals surface area (Å²) in [4.78, 5) is 0. The Balaban J connectivity index is 1.80. The number of nitrogens with zero attached hydrogens (tertiary/aromatic N) is 1. The summed E-state index contributed by atoms with van der Waals surface area (Å²) < 4.78 is 2.50. The number of hydrogen-bond acceptors (Lipinski definition) is 1. The van der Waals surface area contributed by atoms with Crippen LogP contribution in [0.3, 0.4) is 0 Å². The lowest BCUT2D eigenvalue weighted by Gasteiger charge is -2.15. The van der Waals surface area contributed by atoms with Crippen molar-refractivity contribution in [2.45, 2.75) is 52.6 Å². The molecular formula is C19H28N2. The van der Waals surface area contributed by atoms with Gasteiger partial charge < -0.3 is 9.88 Å². The third-order valence-electron chi connectivity index (χ3n) is 4.67. The SMILES string of the molecule is CC(C)CNCc1cccc2ccn(CC3CCCC3)c12. The molecule has 2 nitrogen and oxygen atoms in total. The predicted molar refractivity (Wildman–Crippen MR) is 90.4 cm³/mol. The van der Waals surface area contributed by atoms with Crippen molar-refractivity contribution in [2.24, 2.45) is 11.8 Å². The van der Waals surface area contributed by atoms with Crippen LogP contribution in [0.25, 0.3) is 10.9 Å². The minimum absolute atomic E-state index is 0.703. The summed E-state index contributed by atoms with van der Waals surface area (Å²) in [6.07, 6.45) is 7.95. The summed E-state index contributed by atoms with van der Waals surface area (Å²) in [5.74, 6) is 1.59. The largest absolute Gasteiger partial charge is 0.347 e. The fourth-order valence-electron chi connectivity index (χ4n) is 3.60. The Morgan fingerprint density at radius 2 is 2.00 bits per heavy atom. The molecule has 0 unspecified atom stereocenters. The highest BCUT2D eigenvalue weighted by molar-refractivity contribution is 5.83.